The molecule has 0 fully saturated rings. The molecule has 0 amide bonds. The molecule has 0 atom stereocenters. The van der Waals surface area contributed by atoms with Crippen molar-refractivity contribution < 1.29 is 14.6 Å². The number of carbonyl (C=O) groups excluding carboxylic acids is 1. The lowest BCUT2D eigenvalue weighted by molar-refractivity contribution is -0.142. The Balaban J connectivity index is 2.88. The fraction of sp³-hybridized carbons (Fsp3) is 0.286. The quantitative estimate of drug-likeness (QED) is 0.285. The van der Waals surface area contributed by atoms with E-state index in [1.165, 1.54) is 0 Å². The summed E-state index contributed by atoms with van der Waals surface area (Å²) in [4.78, 5) is 11.5. The van der Waals surface area contributed by atoms with Crippen LogP contribution in [0.5, 0.6) is 0 Å². The minimum atomic E-state index is -0.858. The van der Waals surface area contributed by atoms with Crippen molar-refractivity contribution in [1.82, 2.24) is 0 Å². The van der Waals surface area contributed by atoms with Gasteiger partial charge in [0.05, 0.1) is 6.61 Å². The van der Waals surface area contributed by atoms with Gasteiger partial charge in [0.1, 0.15) is 11.6 Å². The third kappa shape index (κ3) is 3.63. The van der Waals surface area contributed by atoms with E-state index in [9.17, 15) is 9.90 Å². The van der Waals surface area contributed by atoms with Gasteiger partial charge in [0, 0.05) is 0 Å². The van der Waals surface area contributed by atoms with E-state index in [4.69, 9.17) is 10.00 Å². The summed E-state index contributed by atoms with van der Waals surface area (Å²) in [7, 11) is 0. The largest absolute Gasteiger partial charge is 0.501 e. The molecule has 1 rings (SSSR count). The molecule has 0 spiro atoms. The third-order valence-electron chi connectivity index (χ3n) is 2.34. The standard InChI is InChI=1S/C14H15NO3/c1-2-3-9-18-14(17)13(16)12(10-15)11-7-5-4-6-8-11/h4-8,16H,2-3,9H2,1H3. The number of allylic oxidation sites excluding steroid dienone is 1. The van der Waals surface area contributed by atoms with Crippen LogP contribution in [0.2, 0.25) is 0 Å². The molecule has 0 radical (unpaired) electrons. The highest BCUT2D eigenvalue weighted by Gasteiger charge is 2.16. The van der Waals surface area contributed by atoms with Crippen molar-refractivity contribution in [3.8, 4) is 6.07 Å². The number of esters is 1. The van der Waals surface area contributed by atoms with Gasteiger partial charge < -0.3 is 9.84 Å². The molecule has 0 saturated carbocycles. The molecular weight excluding hydrogens is 230 g/mol. The van der Waals surface area contributed by atoms with Crippen molar-refractivity contribution in [2.75, 3.05) is 6.61 Å². The number of hydrogen-bond acceptors (Lipinski definition) is 4. The van der Waals surface area contributed by atoms with Crippen molar-refractivity contribution >= 4 is 11.5 Å². The Morgan fingerprint density at radius 3 is 2.61 bits per heavy atom. The van der Waals surface area contributed by atoms with Crippen LogP contribution in [0, 0.1) is 11.3 Å². The van der Waals surface area contributed by atoms with Gasteiger partial charge >= 0.3 is 5.97 Å². The molecule has 4 nitrogen and oxygen atoms in total. The van der Waals surface area contributed by atoms with E-state index in [-0.39, 0.29) is 12.2 Å². The first kappa shape index (κ1) is 13.8. The number of ether oxygens (including phenoxy) is 1. The Morgan fingerprint density at radius 2 is 2.06 bits per heavy atom. The highest BCUT2D eigenvalue weighted by atomic mass is 16.5. The molecule has 0 unspecified atom stereocenters. The van der Waals surface area contributed by atoms with Crippen LogP contribution in [-0.4, -0.2) is 17.7 Å². The van der Waals surface area contributed by atoms with Gasteiger partial charge in [0.15, 0.2) is 0 Å². The number of nitrogens with zero attached hydrogens (tertiary/aromatic N) is 1. The summed E-state index contributed by atoms with van der Waals surface area (Å²) >= 11 is 0. The first-order valence-electron chi connectivity index (χ1n) is 5.76. The number of unbranched alkanes of at least 4 members (excludes halogenated alkanes) is 1. The topological polar surface area (TPSA) is 70.3 Å². The van der Waals surface area contributed by atoms with Gasteiger partial charge in [-0.25, -0.2) is 4.79 Å². The lowest BCUT2D eigenvalue weighted by Gasteiger charge is -2.05. The summed E-state index contributed by atoms with van der Waals surface area (Å²) in [6, 6.07) is 10.3. The average Bonchev–Trinajstić information content (AvgIpc) is 2.41. The molecular formula is C14H15NO3. The molecule has 4 heteroatoms. The Bertz CT molecular complexity index is 472. The molecule has 0 saturated heterocycles. The van der Waals surface area contributed by atoms with Crippen LogP contribution < -0.4 is 0 Å². The molecule has 0 aromatic heterocycles. The molecule has 0 aliphatic carbocycles. The maximum Gasteiger partial charge on any atom is 0.374 e. The zero-order valence-corrected chi connectivity index (χ0v) is 10.2. The van der Waals surface area contributed by atoms with Gasteiger partial charge in [-0.2, -0.15) is 5.26 Å². The maximum atomic E-state index is 11.5. The van der Waals surface area contributed by atoms with Crippen LogP contribution in [0.4, 0.5) is 0 Å². The van der Waals surface area contributed by atoms with Gasteiger partial charge in [-0.1, -0.05) is 43.7 Å². The Labute approximate surface area is 106 Å². The van der Waals surface area contributed by atoms with Crippen LogP contribution in [-0.2, 0) is 9.53 Å². The number of benzene rings is 1. The monoisotopic (exact) mass is 245 g/mol. The predicted octanol–water partition coefficient (Wildman–Crippen LogP) is 2.82. The summed E-state index contributed by atoms with van der Waals surface area (Å²) < 4.78 is 4.85. The summed E-state index contributed by atoms with van der Waals surface area (Å²) in [5.41, 5.74) is 0.419. The minimum absolute atomic E-state index is 0.0721. The van der Waals surface area contributed by atoms with Crippen molar-refractivity contribution in [1.29, 1.82) is 5.26 Å². The van der Waals surface area contributed by atoms with Crippen molar-refractivity contribution in [3.05, 3.63) is 41.7 Å². The normalized spacial score (nSPS) is 11.3. The smallest absolute Gasteiger partial charge is 0.374 e. The zero-order chi connectivity index (χ0) is 13.4. The van der Waals surface area contributed by atoms with Gasteiger partial charge in [-0.3, -0.25) is 0 Å². The van der Waals surface area contributed by atoms with Gasteiger partial charge in [0.2, 0.25) is 5.76 Å². The molecule has 0 aliphatic rings. The van der Waals surface area contributed by atoms with Crippen molar-refractivity contribution in [2.24, 2.45) is 0 Å². The minimum Gasteiger partial charge on any atom is -0.501 e. The molecule has 0 bridgehead atoms. The van der Waals surface area contributed by atoms with Crippen LogP contribution >= 0.6 is 0 Å². The first-order chi connectivity index (χ1) is 8.70. The fourth-order valence-electron chi connectivity index (χ4n) is 1.34. The Hall–Kier alpha value is -2.28. The SMILES string of the molecule is CCCCOC(=O)C(O)=C(C#N)c1ccccc1. The lowest BCUT2D eigenvalue weighted by Crippen LogP contribution is -2.10. The zero-order valence-electron chi connectivity index (χ0n) is 10.2. The summed E-state index contributed by atoms with van der Waals surface area (Å²) in [5, 5.41) is 18.7. The van der Waals surface area contributed by atoms with E-state index < -0.39 is 11.7 Å². The van der Waals surface area contributed by atoms with E-state index in [2.05, 4.69) is 0 Å². The van der Waals surface area contributed by atoms with Gasteiger partial charge in [-0.15, -0.1) is 0 Å². The Morgan fingerprint density at radius 1 is 1.39 bits per heavy atom. The average molecular weight is 245 g/mol. The second kappa shape index (κ2) is 7.13. The maximum absolute atomic E-state index is 11.5. The summed E-state index contributed by atoms with van der Waals surface area (Å²) in [6.07, 6.45) is 1.62. The highest BCUT2D eigenvalue weighted by molar-refractivity contribution is 5.98. The van der Waals surface area contributed by atoms with Crippen molar-refractivity contribution in [2.45, 2.75) is 19.8 Å². The van der Waals surface area contributed by atoms with E-state index in [1.54, 1.807) is 30.3 Å². The number of nitriles is 1. The van der Waals surface area contributed by atoms with E-state index in [0.29, 0.717) is 5.56 Å². The van der Waals surface area contributed by atoms with E-state index in [1.807, 2.05) is 13.0 Å². The number of aliphatic hydroxyl groups excluding tert-OH is 1. The van der Waals surface area contributed by atoms with Gasteiger partial charge in [0.25, 0.3) is 0 Å². The molecule has 0 heterocycles. The molecule has 1 N–H and O–H groups in total. The van der Waals surface area contributed by atoms with Crippen molar-refractivity contribution in [3.63, 3.8) is 0 Å². The molecule has 1 aromatic carbocycles. The molecule has 18 heavy (non-hydrogen) atoms. The van der Waals surface area contributed by atoms with Crippen LogP contribution in [0.3, 0.4) is 0 Å². The van der Waals surface area contributed by atoms with E-state index >= 15 is 0 Å². The van der Waals surface area contributed by atoms with Crippen LogP contribution in [0.25, 0.3) is 5.57 Å². The highest BCUT2D eigenvalue weighted by Crippen LogP contribution is 2.17. The number of carbonyl (C=O) groups is 1. The second-order valence-electron chi connectivity index (χ2n) is 3.69. The molecule has 0 aliphatic heterocycles. The predicted molar refractivity (Wildman–Crippen MR) is 67.5 cm³/mol. The van der Waals surface area contributed by atoms with Crippen LogP contribution in [0.15, 0.2) is 36.1 Å². The first-order valence-corrected chi connectivity index (χ1v) is 5.76. The Kier molecular flexibility index (Phi) is 5.46. The summed E-state index contributed by atoms with van der Waals surface area (Å²) in [6.45, 7) is 2.21. The second-order valence-corrected chi connectivity index (χ2v) is 3.69. The third-order valence-corrected chi connectivity index (χ3v) is 2.34. The van der Waals surface area contributed by atoms with Crippen LogP contribution in [0.1, 0.15) is 25.3 Å². The number of aliphatic hydroxyl groups is 1. The number of rotatable bonds is 5. The van der Waals surface area contributed by atoms with Gasteiger partial charge in [-0.05, 0) is 12.0 Å². The lowest BCUT2D eigenvalue weighted by atomic mass is 10.1. The fourth-order valence-corrected chi connectivity index (χ4v) is 1.34. The molecule has 1 aromatic rings. The summed E-state index contributed by atoms with van der Waals surface area (Å²) in [5.74, 6) is -1.50. The molecule has 94 valence electrons. The van der Waals surface area contributed by atoms with E-state index in [0.717, 1.165) is 12.8 Å². The number of hydrogen-bond donors (Lipinski definition) is 1.